The molecule has 13 nitrogen and oxygen atoms in total. The van der Waals surface area contributed by atoms with Crippen LogP contribution in [0.3, 0.4) is 0 Å². The minimum Gasteiger partial charge on any atom is -0.550 e. The molecule has 0 fully saturated rings. The van der Waals surface area contributed by atoms with Crippen molar-refractivity contribution in [1.82, 2.24) is 0 Å². The Bertz CT molecular complexity index is 604. The van der Waals surface area contributed by atoms with Gasteiger partial charge in [0.05, 0.1) is 18.8 Å². The second-order valence-corrected chi connectivity index (χ2v) is 4.94. The molecule has 16 heteroatoms. The summed E-state index contributed by atoms with van der Waals surface area (Å²) in [6, 6.07) is 0. The summed E-state index contributed by atoms with van der Waals surface area (Å²) in [4.78, 5) is 65.3. The van der Waals surface area contributed by atoms with Gasteiger partial charge in [0.2, 0.25) is 0 Å². The van der Waals surface area contributed by atoms with Crippen LogP contribution in [0.5, 0.6) is 0 Å². The number of rotatable bonds is 11. The van der Waals surface area contributed by atoms with Crippen molar-refractivity contribution in [1.29, 1.82) is 0 Å². The fourth-order valence-corrected chi connectivity index (χ4v) is 1.74. The summed E-state index contributed by atoms with van der Waals surface area (Å²) in [6.45, 7) is 0. The molecule has 0 rings (SSSR count). The van der Waals surface area contributed by atoms with Crippen molar-refractivity contribution >= 4 is 35.8 Å². The molecule has 0 aromatic rings. The van der Waals surface area contributed by atoms with Crippen LogP contribution in [0.15, 0.2) is 0 Å². The molecule has 1 atom stereocenters. The average molecular weight is 481 g/mol. The number of carbonyl (C=O) groups excluding carboxylic acids is 4. The van der Waals surface area contributed by atoms with Gasteiger partial charge in [0.1, 0.15) is 0 Å². The average Bonchev–Trinajstić information content (AvgIpc) is 2.34. The van der Waals surface area contributed by atoms with E-state index in [1.165, 1.54) is 0 Å². The minimum atomic E-state index is -3.31. The maximum Gasteiger partial charge on any atom is 1.00 e. The van der Waals surface area contributed by atoms with E-state index in [0.717, 1.165) is 0 Å². The fraction of sp³-hybridized carbons (Fsp3) is 0.500. The number of ether oxygens (including phenoxy) is 1. The van der Waals surface area contributed by atoms with Crippen LogP contribution in [0, 0.1) is 0 Å². The van der Waals surface area contributed by atoms with Crippen LogP contribution in [-0.2, 0) is 33.5 Å². The summed E-state index contributed by atoms with van der Waals surface area (Å²) in [5.74, 6) is -12.7. The summed E-state index contributed by atoms with van der Waals surface area (Å²) in [7, 11) is 0. The van der Waals surface area contributed by atoms with E-state index in [1.54, 1.807) is 0 Å². The normalized spacial score (nSPS) is 11.9. The Kier molecular flexibility index (Phi) is 21.6. The second-order valence-electron chi connectivity index (χ2n) is 4.94. The van der Waals surface area contributed by atoms with Crippen molar-refractivity contribution in [2.24, 2.45) is 0 Å². The zero-order valence-corrected chi connectivity index (χ0v) is 24.6. The van der Waals surface area contributed by atoms with E-state index in [0.29, 0.717) is 0 Å². The first kappa shape index (κ1) is 37.0. The summed E-state index contributed by atoms with van der Waals surface area (Å²) >= 11 is 0. The van der Waals surface area contributed by atoms with Crippen LogP contribution in [0.1, 0.15) is 25.7 Å². The molecule has 0 bridgehead atoms. The quantitative estimate of drug-likeness (QED) is 0.184. The van der Waals surface area contributed by atoms with E-state index in [1.807, 2.05) is 0 Å². The zero-order valence-electron chi connectivity index (χ0n) is 15.3. The predicted octanol–water partition coefficient (Wildman–Crippen LogP) is -15.0. The maximum absolute atomic E-state index is 11.7. The molecule has 0 amide bonds. The van der Waals surface area contributed by atoms with Gasteiger partial charge in [-0.25, -0.2) is 4.79 Å². The Morgan fingerprint density at radius 3 is 1.39 bits per heavy atom. The van der Waals surface area contributed by atoms with E-state index >= 15 is 0 Å². The third-order valence-corrected chi connectivity index (χ3v) is 2.82. The summed E-state index contributed by atoms with van der Waals surface area (Å²) in [6.07, 6.45) is -6.47. The monoisotopic (exact) mass is 480 g/mol. The molecule has 0 spiro atoms. The van der Waals surface area contributed by atoms with E-state index in [4.69, 9.17) is 10.2 Å². The maximum atomic E-state index is 11.7. The van der Waals surface area contributed by atoms with Crippen molar-refractivity contribution in [3.63, 3.8) is 0 Å². The molecule has 0 heterocycles. The van der Waals surface area contributed by atoms with Gasteiger partial charge in [0.15, 0.2) is 11.2 Å². The Labute approximate surface area is 284 Å². The molecule has 3 N–H and O–H groups in total. The number of hydrogen-bond acceptors (Lipinski definition) is 11. The molecule has 1 unspecified atom stereocenters. The number of esters is 1. The largest absolute Gasteiger partial charge is 1.00 e. The fourth-order valence-electron chi connectivity index (χ4n) is 1.74. The van der Waals surface area contributed by atoms with Gasteiger partial charge in [-0.3, -0.25) is 9.59 Å². The van der Waals surface area contributed by atoms with Gasteiger partial charge >= 0.3 is 172 Å². The molecule has 0 aliphatic carbocycles. The van der Waals surface area contributed by atoms with Crippen LogP contribution in [-0.4, -0.2) is 62.3 Å². The van der Waals surface area contributed by atoms with Crippen molar-refractivity contribution in [3.8, 4) is 0 Å². The van der Waals surface area contributed by atoms with Gasteiger partial charge in [-0.1, -0.05) is 0 Å². The van der Waals surface area contributed by atoms with Crippen LogP contribution in [0.25, 0.3) is 0 Å². The molecule has 0 aromatic heterocycles. The van der Waals surface area contributed by atoms with Gasteiger partial charge in [0, 0.05) is 24.8 Å². The van der Waals surface area contributed by atoms with Gasteiger partial charge in [-0.15, -0.1) is 0 Å². The molecular weight excluding hydrogens is 469 g/mol. The van der Waals surface area contributed by atoms with Crippen LogP contribution >= 0.6 is 0 Å². The Morgan fingerprint density at radius 2 is 1.14 bits per heavy atom. The minimum absolute atomic E-state index is 0. The molecule has 0 saturated heterocycles. The van der Waals surface area contributed by atoms with E-state index in [2.05, 4.69) is 4.74 Å². The van der Waals surface area contributed by atoms with Crippen molar-refractivity contribution in [2.45, 2.75) is 36.9 Å². The Balaban J connectivity index is -0.000000960. The number of carbonyl (C=O) groups is 6. The van der Waals surface area contributed by atoms with Gasteiger partial charge in [-0.05, 0) is 0 Å². The Morgan fingerprint density at radius 1 is 0.750 bits per heavy atom. The number of carboxylic acids is 5. The van der Waals surface area contributed by atoms with Gasteiger partial charge < -0.3 is 49.8 Å². The molecule has 0 aliphatic rings. The van der Waals surface area contributed by atoms with Gasteiger partial charge in [-0.2, -0.15) is 0 Å². The molecule has 0 saturated carbocycles. The standard InChI is InChI=1S/C12H14O13.3K/c13-5(14)1-11(24,9(20)21)4-8(19)25-12(10(22)23,2-6(15)16)3-7(17)18;;;/h24H,1-4H2,(H,13,14)(H,15,16)(H,17,18)(H,20,21)(H,22,23);;;/q;3*+1/p-3. The van der Waals surface area contributed by atoms with E-state index < -0.39 is 72.7 Å². The third-order valence-electron chi connectivity index (χ3n) is 2.82. The van der Waals surface area contributed by atoms with Crippen molar-refractivity contribution < 1.29 is 218 Å². The number of aliphatic hydroxyl groups is 1. The summed E-state index contributed by atoms with van der Waals surface area (Å²) in [5, 5.41) is 59.2. The SMILES string of the molecule is O=C([O-])CC(CC(=O)[O-])(OC(=O)CC(O)(CC(=O)O)C(=O)O)C(=O)[O-].[K+].[K+].[K+]. The van der Waals surface area contributed by atoms with Crippen LogP contribution in [0.2, 0.25) is 0 Å². The first-order chi connectivity index (χ1) is 11.2. The topological polar surface area (TPSA) is 242 Å². The van der Waals surface area contributed by atoms with E-state index in [-0.39, 0.29) is 154 Å². The predicted molar refractivity (Wildman–Crippen MR) is 62.5 cm³/mol. The Hall–Kier alpha value is 1.69. The van der Waals surface area contributed by atoms with Crippen LogP contribution in [0.4, 0.5) is 0 Å². The first-order valence-corrected chi connectivity index (χ1v) is 6.24. The number of aliphatic carboxylic acids is 5. The van der Waals surface area contributed by atoms with Gasteiger partial charge in [0.25, 0.3) is 0 Å². The molecule has 0 aromatic carbocycles. The number of carboxylic acid groups (broad SMARTS) is 5. The van der Waals surface area contributed by atoms with Crippen molar-refractivity contribution in [2.75, 3.05) is 0 Å². The molecule has 28 heavy (non-hydrogen) atoms. The van der Waals surface area contributed by atoms with E-state index in [9.17, 15) is 49.2 Å². The van der Waals surface area contributed by atoms with Crippen molar-refractivity contribution in [3.05, 3.63) is 0 Å². The zero-order chi connectivity index (χ0) is 20.0. The third kappa shape index (κ3) is 13.2. The molecule has 140 valence electrons. The summed E-state index contributed by atoms with van der Waals surface area (Å²) < 4.78 is 4.19. The molecule has 0 radical (unpaired) electrons. The second kappa shape index (κ2) is 16.3. The summed E-state index contributed by atoms with van der Waals surface area (Å²) in [5.41, 5.74) is -6.53. The molecular formula is C12H11K3O13. The first-order valence-electron chi connectivity index (χ1n) is 6.24. The van der Waals surface area contributed by atoms with Crippen LogP contribution < -0.4 is 169 Å². The smallest absolute Gasteiger partial charge is 0.550 e. The molecule has 0 aliphatic heterocycles. The number of hydrogen-bond donors (Lipinski definition) is 3.